The SMILES string of the molecule is C[C@@]12CCC[C@@](C)(C(=O)O[C@@H]3O[C@@H](CO)[C@@H](O)[C@H](O)[C@@H]3O)[C@H]1CCC1=C[C@@](C)([C@H](O)CO)CC[C@H]12. The molecule has 0 bridgehead atoms. The Kier molecular flexibility index (Phi) is 7.45. The number of aliphatic hydroxyl groups excluding tert-OH is 6. The van der Waals surface area contributed by atoms with Crippen LogP contribution in [0.3, 0.4) is 0 Å². The predicted molar refractivity (Wildman–Crippen MR) is 125 cm³/mol. The molecule has 1 aliphatic heterocycles. The highest BCUT2D eigenvalue weighted by molar-refractivity contribution is 5.77. The lowest BCUT2D eigenvalue weighted by molar-refractivity contribution is -0.297. The summed E-state index contributed by atoms with van der Waals surface area (Å²) in [5, 5.41) is 59.9. The second-order valence-electron chi connectivity index (χ2n) is 12.0. The van der Waals surface area contributed by atoms with E-state index in [2.05, 4.69) is 13.0 Å². The molecule has 1 heterocycles. The van der Waals surface area contributed by atoms with E-state index in [1.165, 1.54) is 5.57 Å². The van der Waals surface area contributed by atoms with Gasteiger partial charge in [0.2, 0.25) is 6.29 Å². The number of allylic oxidation sites excluding steroid dienone is 1. The van der Waals surface area contributed by atoms with Gasteiger partial charge in [0.15, 0.2) is 0 Å². The van der Waals surface area contributed by atoms with Crippen molar-refractivity contribution in [3.8, 4) is 0 Å². The van der Waals surface area contributed by atoms with Gasteiger partial charge in [0.05, 0.1) is 24.7 Å². The second-order valence-corrected chi connectivity index (χ2v) is 12.0. The monoisotopic (exact) mass is 498 g/mol. The van der Waals surface area contributed by atoms with Gasteiger partial charge in [-0.1, -0.05) is 31.9 Å². The summed E-state index contributed by atoms with van der Waals surface area (Å²) in [6.07, 6.45) is -0.293. The highest BCUT2D eigenvalue weighted by Crippen LogP contribution is 2.64. The third kappa shape index (κ3) is 4.37. The summed E-state index contributed by atoms with van der Waals surface area (Å²) < 4.78 is 11.1. The fourth-order valence-electron chi connectivity index (χ4n) is 7.65. The zero-order chi connectivity index (χ0) is 25.8. The predicted octanol–water partition coefficient (Wildman–Crippen LogP) is 0.632. The Morgan fingerprint density at radius 1 is 1.09 bits per heavy atom. The van der Waals surface area contributed by atoms with Crippen LogP contribution in [0.1, 0.15) is 65.7 Å². The number of fused-ring (bicyclic) bond motifs is 3. The fourth-order valence-corrected chi connectivity index (χ4v) is 7.65. The molecule has 2 saturated carbocycles. The van der Waals surface area contributed by atoms with Crippen molar-refractivity contribution in [1.29, 1.82) is 0 Å². The van der Waals surface area contributed by atoms with Gasteiger partial charge in [0, 0.05) is 5.41 Å². The summed E-state index contributed by atoms with van der Waals surface area (Å²) in [5.74, 6) is -0.183. The summed E-state index contributed by atoms with van der Waals surface area (Å²) in [5.41, 5.74) is -0.111. The Labute approximate surface area is 206 Å². The van der Waals surface area contributed by atoms with Crippen LogP contribution in [0.15, 0.2) is 11.6 Å². The molecule has 0 radical (unpaired) electrons. The molecule has 1 saturated heterocycles. The number of carbonyl (C=O) groups is 1. The number of hydrogen-bond donors (Lipinski definition) is 6. The smallest absolute Gasteiger partial charge is 0.314 e. The van der Waals surface area contributed by atoms with Crippen molar-refractivity contribution in [2.24, 2.45) is 28.1 Å². The first-order valence-electron chi connectivity index (χ1n) is 12.9. The fraction of sp³-hybridized carbons (Fsp3) is 0.885. The lowest BCUT2D eigenvalue weighted by atomic mass is 9.45. The van der Waals surface area contributed by atoms with Gasteiger partial charge in [-0.25, -0.2) is 0 Å². The largest absolute Gasteiger partial charge is 0.432 e. The van der Waals surface area contributed by atoms with E-state index < -0.39 is 60.2 Å². The number of hydrogen-bond acceptors (Lipinski definition) is 9. The number of aliphatic hydroxyl groups is 6. The molecular weight excluding hydrogens is 456 g/mol. The van der Waals surface area contributed by atoms with Gasteiger partial charge < -0.3 is 40.1 Å². The molecule has 6 N–H and O–H groups in total. The molecule has 35 heavy (non-hydrogen) atoms. The maximum Gasteiger partial charge on any atom is 0.314 e. The Morgan fingerprint density at radius 2 is 1.80 bits per heavy atom. The lowest BCUT2D eigenvalue weighted by Gasteiger charge is -2.59. The van der Waals surface area contributed by atoms with E-state index in [1.807, 2.05) is 13.8 Å². The summed E-state index contributed by atoms with van der Waals surface area (Å²) in [4.78, 5) is 13.6. The first-order valence-corrected chi connectivity index (χ1v) is 12.9. The molecular formula is C26H42O9. The maximum atomic E-state index is 13.6. The Hall–Kier alpha value is -1.07. The molecule has 11 atom stereocenters. The standard InChI is InChI=1S/C26H42O9/c1-24(18(29)13-28)10-7-15-14(11-24)5-6-17-25(15,2)8-4-9-26(17,3)23(33)35-22-21(32)20(31)19(30)16(12-27)34-22/h11,15-22,27-32H,4-10,12-13H2,1-3H3/t15-,16+,17+,18-,19-,20+,21+,22+,24+,25+,26-/m1/s1. The first-order chi connectivity index (χ1) is 16.4. The summed E-state index contributed by atoms with van der Waals surface area (Å²) in [6.45, 7) is 5.30. The Morgan fingerprint density at radius 3 is 2.46 bits per heavy atom. The molecule has 9 nitrogen and oxygen atoms in total. The van der Waals surface area contributed by atoms with Gasteiger partial charge in [0.25, 0.3) is 0 Å². The normalized spacial score (nSPS) is 48.8. The number of rotatable bonds is 5. The molecule has 0 unspecified atom stereocenters. The van der Waals surface area contributed by atoms with Crippen molar-refractivity contribution in [1.82, 2.24) is 0 Å². The van der Waals surface area contributed by atoms with Crippen LogP contribution in [0, 0.1) is 28.1 Å². The molecule has 3 aliphatic carbocycles. The summed E-state index contributed by atoms with van der Waals surface area (Å²) >= 11 is 0. The van der Waals surface area contributed by atoms with Gasteiger partial charge in [-0.05, 0) is 62.7 Å². The van der Waals surface area contributed by atoms with Gasteiger partial charge >= 0.3 is 5.97 Å². The molecule has 0 amide bonds. The topological polar surface area (TPSA) is 157 Å². The lowest BCUT2D eigenvalue weighted by Crippen LogP contribution is -2.61. The first kappa shape index (κ1) is 27.0. The van der Waals surface area contributed by atoms with Crippen LogP contribution < -0.4 is 0 Å². The summed E-state index contributed by atoms with van der Waals surface area (Å²) in [7, 11) is 0. The van der Waals surface area contributed by atoms with E-state index in [0.717, 1.165) is 38.5 Å². The highest BCUT2D eigenvalue weighted by atomic mass is 16.7. The van der Waals surface area contributed by atoms with E-state index in [-0.39, 0.29) is 23.9 Å². The van der Waals surface area contributed by atoms with Gasteiger partial charge in [-0.15, -0.1) is 0 Å². The van der Waals surface area contributed by atoms with Gasteiger partial charge in [-0.3, -0.25) is 4.79 Å². The van der Waals surface area contributed by atoms with E-state index in [0.29, 0.717) is 6.42 Å². The average Bonchev–Trinajstić information content (AvgIpc) is 2.83. The van der Waals surface area contributed by atoms with Crippen molar-refractivity contribution in [2.75, 3.05) is 13.2 Å². The third-order valence-electron chi connectivity index (χ3n) is 9.90. The molecule has 9 heteroatoms. The van der Waals surface area contributed by atoms with Crippen LogP contribution in [0.25, 0.3) is 0 Å². The summed E-state index contributed by atoms with van der Waals surface area (Å²) in [6, 6.07) is 0. The average molecular weight is 499 g/mol. The third-order valence-corrected chi connectivity index (χ3v) is 9.90. The highest BCUT2D eigenvalue weighted by Gasteiger charge is 2.60. The second kappa shape index (κ2) is 9.67. The molecule has 4 rings (SSSR count). The number of esters is 1. The van der Waals surface area contributed by atoms with Crippen LogP contribution >= 0.6 is 0 Å². The molecule has 200 valence electrons. The molecule has 0 aromatic rings. The molecule has 0 spiro atoms. The van der Waals surface area contributed by atoms with Crippen molar-refractivity contribution in [2.45, 2.75) is 103 Å². The van der Waals surface area contributed by atoms with Crippen LogP contribution in [-0.4, -0.2) is 86.6 Å². The van der Waals surface area contributed by atoms with Crippen LogP contribution in [0.4, 0.5) is 0 Å². The van der Waals surface area contributed by atoms with E-state index in [1.54, 1.807) is 0 Å². The molecule has 0 aromatic heterocycles. The minimum Gasteiger partial charge on any atom is -0.432 e. The van der Waals surface area contributed by atoms with Crippen molar-refractivity contribution in [3.63, 3.8) is 0 Å². The Balaban J connectivity index is 1.55. The Bertz CT molecular complexity index is 830. The maximum absolute atomic E-state index is 13.6. The minimum absolute atomic E-state index is 0.0374. The van der Waals surface area contributed by atoms with Gasteiger partial charge in [-0.2, -0.15) is 0 Å². The van der Waals surface area contributed by atoms with E-state index in [9.17, 15) is 35.4 Å². The van der Waals surface area contributed by atoms with Crippen molar-refractivity contribution in [3.05, 3.63) is 11.6 Å². The van der Waals surface area contributed by atoms with Crippen LogP contribution in [0.2, 0.25) is 0 Å². The minimum atomic E-state index is -1.62. The van der Waals surface area contributed by atoms with E-state index in [4.69, 9.17) is 9.47 Å². The van der Waals surface area contributed by atoms with Gasteiger partial charge in [0.1, 0.15) is 24.4 Å². The van der Waals surface area contributed by atoms with E-state index >= 15 is 0 Å². The zero-order valence-electron chi connectivity index (χ0n) is 21.0. The zero-order valence-corrected chi connectivity index (χ0v) is 21.0. The van der Waals surface area contributed by atoms with Crippen LogP contribution in [-0.2, 0) is 14.3 Å². The van der Waals surface area contributed by atoms with Crippen LogP contribution in [0.5, 0.6) is 0 Å². The molecule has 0 aromatic carbocycles. The molecule has 4 aliphatic rings. The number of ether oxygens (including phenoxy) is 2. The van der Waals surface area contributed by atoms with Crippen molar-refractivity contribution >= 4 is 5.97 Å². The molecule has 3 fully saturated rings. The van der Waals surface area contributed by atoms with Crippen molar-refractivity contribution < 1.29 is 44.9 Å². The number of carbonyl (C=O) groups excluding carboxylic acids is 1. The quantitative estimate of drug-likeness (QED) is 0.236.